The van der Waals surface area contributed by atoms with E-state index in [1.807, 2.05) is 12.1 Å². The summed E-state index contributed by atoms with van der Waals surface area (Å²) in [6.45, 7) is 1.06. The Morgan fingerprint density at radius 3 is 2.46 bits per heavy atom. The van der Waals surface area contributed by atoms with Crippen LogP contribution in [0.4, 0.5) is 0 Å². The molecule has 0 bridgehead atoms. The van der Waals surface area contributed by atoms with Crippen molar-refractivity contribution in [2.24, 2.45) is 0 Å². The fraction of sp³-hybridized carbons (Fsp3) is 0.208. The van der Waals surface area contributed by atoms with Crippen molar-refractivity contribution < 1.29 is 0 Å². The summed E-state index contributed by atoms with van der Waals surface area (Å²) in [6.07, 6.45) is 8.94. The fourth-order valence-corrected chi connectivity index (χ4v) is 3.93. The molecule has 1 atom stereocenters. The second kappa shape index (κ2) is 7.06. The van der Waals surface area contributed by atoms with E-state index in [1.54, 1.807) is 0 Å². The van der Waals surface area contributed by atoms with Crippen molar-refractivity contribution in [1.82, 2.24) is 4.90 Å². The summed E-state index contributed by atoms with van der Waals surface area (Å²) in [7, 11) is 2.16. The molecule has 0 fully saturated rings. The average molecular weight is 338 g/mol. The second-order valence-electron chi connectivity index (χ2n) is 7.07. The Bertz CT molecular complexity index is 924. The minimum Gasteiger partial charge on any atom is -0.380 e. The van der Waals surface area contributed by atoms with Gasteiger partial charge in [-0.25, -0.2) is 0 Å². The lowest BCUT2D eigenvalue weighted by molar-refractivity contribution is 0.440. The first-order valence-electron chi connectivity index (χ1n) is 9.12. The third-order valence-electron chi connectivity index (χ3n) is 5.32. The zero-order valence-electron chi connectivity index (χ0n) is 15.0. The zero-order chi connectivity index (χ0) is 17.9. The molecule has 0 N–H and O–H groups in total. The number of benzene rings is 2. The van der Waals surface area contributed by atoms with E-state index in [1.165, 1.54) is 27.8 Å². The van der Waals surface area contributed by atoms with Crippen LogP contribution in [0.25, 0.3) is 5.57 Å². The molecule has 2 aliphatic rings. The molecule has 4 rings (SSSR count). The van der Waals surface area contributed by atoms with Gasteiger partial charge in [0.05, 0.1) is 11.6 Å². The third kappa shape index (κ3) is 3.21. The van der Waals surface area contributed by atoms with E-state index in [0.29, 0.717) is 11.5 Å². The lowest BCUT2D eigenvalue weighted by atomic mass is 9.79. The van der Waals surface area contributed by atoms with Crippen LogP contribution >= 0.6 is 0 Å². The molecule has 0 aromatic heterocycles. The second-order valence-corrected chi connectivity index (χ2v) is 7.07. The van der Waals surface area contributed by atoms with E-state index in [0.717, 1.165) is 19.4 Å². The molecule has 26 heavy (non-hydrogen) atoms. The SMILES string of the molecule is CN1C=C2CC(c3ccc(C#N)cc3)=CC=C2C(c2ccccc2)CC1. The Morgan fingerprint density at radius 2 is 1.73 bits per heavy atom. The number of fused-ring (bicyclic) bond motifs is 1. The minimum absolute atomic E-state index is 0.450. The van der Waals surface area contributed by atoms with Gasteiger partial charge in [0.15, 0.2) is 0 Å². The van der Waals surface area contributed by atoms with Crippen molar-refractivity contribution in [2.45, 2.75) is 18.8 Å². The Hall–Kier alpha value is -3.05. The summed E-state index contributed by atoms with van der Waals surface area (Å²) < 4.78 is 0. The number of rotatable bonds is 2. The van der Waals surface area contributed by atoms with Gasteiger partial charge in [0.25, 0.3) is 0 Å². The molecule has 1 unspecified atom stereocenters. The van der Waals surface area contributed by atoms with E-state index in [9.17, 15) is 0 Å². The molecule has 0 spiro atoms. The molecular formula is C24H22N2. The molecule has 1 heterocycles. The third-order valence-corrected chi connectivity index (χ3v) is 5.32. The van der Waals surface area contributed by atoms with E-state index in [2.05, 4.69) is 78.8 Å². The molecule has 1 aliphatic carbocycles. The lowest BCUT2D eigenvalue weighted by Gasteiger charge is -2.24. The van der Waals surface area contributed by atoms with Gasteiger partial charge < -0.3 is 4.90 Å². The van der Waals surface area contributed by atoms with Crippen LogP contribution in [0.1, 0.15) is 35.4 Å². The van der Waals surface area contributed by atoms with Crippen LogP contribution in [0.15, 0.2) is 84.1 Å². The highest BCUT2D eigenvalue weighted by molar-refractivity contribution is 5.74. The summed E-state index contributed by atoms with van der Waals surface area (Å²) in [5.41, 5.74) is 7.46. The molecule has 2 nitrogen and oxygen atoms in total. The van der Waals surface area contributed by atoms with Gasteiger partial charge in [-0.1, -0.05) is 54.6 Å². The van der Waals surface area contributed by atoms with Crippen LogP contribution in [0.2, 0.25) is 0 Å². The van der Waals surface area contributed by atoms with Crippen LogP contribution in [0.3, 0.4) is 0 Å². The van der Waals surface area contributed by atoms with Gasteiger partial charge in [-0.15, -0.1) is 0 Å². The first kappa shape index (κ1) is 16.4. The van der Waals surface area contributed by atoms with Gasteiger partial charge in [0.1, 0.15) is 0 Å². The summed E-state index contributed by atoms with van der Waals surface area (Å²) in [4.78, 5) is 2.31. The van der Waals surface area contributed by atoms with Gasteiger partial charge in [0.2, 0.25) is 0 Å². The molecule has 1 aliphatic heterocycles. The summed E-state index contributed by atoms with van der Waals surface area (Å²) in [5, 5.41) is 9.00. The average Bonchev–Trinajstić information content (AvgIpc) is 2.86. The van der Waals surface area contributed by atoms with Gasteiger partial charge >= 0.3 is 0 Å². The Kier molecular flexibility index (Phi) is 4.46. The maximum atomic E-state index is 9.00. The van der Waals surface area contributed by atoms with E-state index < -0.39 is 0 Å². The Morgan fingerprint density at radius 1 is 0.962 bits per heavy atom. The first-order chi connectivity index (χ1) is 12.7. The highest BCUT2D eigenvalue weighted by Gasteiger charge is 2.25. The minimum atomic E-state index is 0.450. The maximum absolute atomic E-state index is 9.00. The van der Waals surface area contributed by atoms with Gasteiger partial charge in [-0.05, 0) is 52.8 Å². The standard InChI is InChI=1S/C24H22N2/c1-26-14-13-24(20-5-3-2-4-6-20)23-12-11-21(15-22(23)17-26)19-9-7-18(16-25)8-10-19/h2-12,17,24H,13-15H2,1H3. The van der Waals surface area contributed by atoms with Crippen molar-refractivity contribution in [3.05, 3.63) is 101 Å². The quantitative estimate of drug-likeness (QED) is 0.745. The normalized spacial score (nSPS) is 19.5. The maximum Gasteiger partial charge on any atom is 0.0991 e. The number of hydrogen-bond acceptors (Lipinski definition) is 2. The van der Waals surface area contributed by atoms with Crippen LogP contribution in [0, 0.1) is 11.3 Å². The predicted octanol–water partition coefficient (Wildman–Crippen LogP) is 5.27. The first-order valence-corrected chi connectivity index (χ1v) is 9.12. The van der Waals surface area contributed by atoms with Gasteiger partial charge in [0, 0.05) is 25.7 Å². The van der Waals surface area contributed by atoms with Crippen LogP contribution < -0.4 is 0 Å². The fourth-order valence-electron chi connectivity index (χ4n) is 3.93. The molecular weight excluding hydrogens is 316 g/mol. The van der Waals surface area contributed by atoms with E-state index >= 15 is 0 Å². The summed E-state index contributed by atoms with van der Waals surface area (Å²) >= 11 is 0. The molecule has 0 saturated carbocycles. The van der Waals surface area contributed by atoms with E-state index in [4.69, 9.17) is 5.26 Å². The number of hydrogen-bond donors (Lipinski definition) is 0. The largest absolute Gasteiger partial charge is 0.380 e. The Balaban J connectivity index is 1.72. The van der Waals surface area contributed by atoms with Crippen molar-refractivity contribution >= 4 is 5.57 Å². The van der Waals surface area contributed by atoms with Crippen molar-refractivity contribution in [1.29, 1.82) is 5.26 Å². The van der Waals surface area contributed by atoms with Crippen molar-refractivity contribution in [3.63, 3.8) is 0 Å². The van der Waals surface area contributed by atoms with Crippen molar-refractivity contribution in [2.75, 3.05) is 13.6 Å². The highest BCUT2D eigenvalue weighted by atomic mass is 15.1. The zero-order valence-corrected chi connectivity index (χ0v) is 15.0. The van der Waals surface area contributed by atoms with Crippen LogP contribution in [0.5, 0.6) is 0 Å². The predicted molar refractivity (Wildman–Crippen MR) is 106 cm³/mol. The van der Waals surface area contributed by atoms with Crippen molar-refractivity contribution in [3.8, 4) is 6.07 Å². The summed E-state index contributed by atoms with van der Waals surface area (Å²) in [6, 6.07) is 20.9. The number of nitriles is 1. The smallest absolute Gasteiger partial charge is 0.0991 e. The molecule has 0 radical (unpaired) electrons. The van der Waals surface area contributed by atoms with Gasteiger partial charge in [-0.3, -0.25) is 0 Å². The molecule has 2 aromatic carbocycles. The molecule has 2 heteroatoms. The molecule has 128 valence electrons. The topological polar surface area (TPSA) is 27.0 Å². The van der Waals surface area contributed by atoms with Crippen LogP contribution in [-0.2, 0) is 0 Å². The number of nitrogens with zero attached hydrogens (tertiary/aromatic N) is 2. The number of allylic oxidation sites excluding steroid dienone is 5. The summed E-state index contributed by atoms with van der Waals surface area (Å²) in [5.74, 6) is 0.450. The monoisotopic (exact) mass is 338 g/mol. The van der Waals surface area contributed by atoms with E-state index in [-0.39, 0.29) is 0 Å². The highest BCUT2D eigenvalue weighted by Crippen LogP contribution is 2.41. The lowest BCUT2D eigenvalue weighted by Crippen LogP contribution is -2.12. The molecule has 0 saturated heterocycles. The molecule has 0 amide bonds. The van der Waals surface area contributed by atoms with Gasteiger partial charge in [-0.2, -0.15) is 5.26 Å². The molecule has 2 aromatic rings. The van der Waals surface area contributed by atoms with Crippen LogP contribution in [-0.4, -0.2) is 18.5 Å². The Labute approximate surface area is 155 Å².